The Labute approximate surface area is 144 Å². The number of hydrogen-bond acceptors (Lipinski definition) is 4. The van der Waals surface area contributed by atoms with Crippen LogP contribution >= 0.6 is 0 Å². The summed E-state index contributed by atoms with van der Waals surface area (Å²) in [6, 6.07) is 14.8. The van der Waals surface area contributed by atoms with Crippen molar-refractivity contribution in [3.05, 3.63) is 65.5 Å². The number of benzene rings is 1. The SMILES string of the molecule is N#Cc1cccc(CNC2CCN(CCc3ccncc3)CC2)c1. The highest BCUT2D eigenvalue weighted by Gasteiger charge is 2.18. The van der Waals surface area contributed by atoms with E-state index >= 15 is 0 Å². The molecular formula is C20H24N4. The molecule has 124 valence electrons. The monoisotopic (exact) mass is 320 g/mol. The second-order valence-corrected chi connectivity index (χ2v) is 6.41. The average Bonchev–Trinajstić information content (AvgIpc) is 2.66. The highest BCUT2D eigenvalue weighted by atomic mass is 15.1. The molecule has 0 unspecified atom stereocenters. The molecule has 4 heteroatoms. The third-order valence-corrected chi connectivity index (χ3v) is 4.70. The van der Waals surface area contributed by atoms with E-state index in [9.17, 15) is 0 Å². The van der Waals surface area contributed by atoms with Crippen LogP contribution in [-0.4, -0.2) is 35.6 Å². The van der Waals surface area contributed by atoms with E-state index in [1.54, 1.807) is 0 Å². The summed E-state index contributed by atoms with van der Waals surface area (Å²) in [6.45, 7) is 4.28. The lowest BCUT2D eigenvalue weighted by molar-refractivity contribution is 0.199. The topological polar surface area (TPSA) is 52.0 Å². The molecule has 0 aliphatic carbocycles. The van der Waals surface area contributed by atoms with Crippen molar-refractivity contribution in [2.24, 2.45) is 0 Å². The predicted molar refractivity (Wildman–Crippen MR) is 95.4 cm³/mol. The lowest BCUT2D eigenvalue weighted by Crippen LogP contribution is -2.42. The van der Waals surface area contributed by atoms with Crippen LogP contribution in [0.2, 0.25) is 0 Å². The van der Waals surface area contributed by atoms with Gasteiger partial charge in [-0.2, -0.15) is 5.26 Å². The molecule has 0 atom stereocenters. The molecule has 0 amide bonds. The zero-order valence-electron chi connectivity index (χ0n) is 14.0. The number of pyridine rings is 1. The number of rotatable bonds is 6. The standard InChI is InChI=1S/C20H24N4/c21-15-18-2-1-3-19(14-18)16-23-20-7-12-24(13-8-20)11-6-17-4-9-22-10-5-17/h1-5,9-10,14,20,23H,6-8,11-13,16H2. The lowest BCUT2D eigenvalue weighted by Gasteiger charge is -2.32. The van der Waals surface area contributed by atoms with Crippen LogP contribution in [0.25, 0.3) is 0 Å². The highest BCUT2D eigenvalue weighted by molar-refractivity contribution is 5.32. The van der Waals surface area contributed by atoms with Crippen molar-refractivity contribution in [2.45, 2.75) is 31.8 Å². The first-order valence-electron chi connectivity index (χ1n) is 8.67. The largest absolute Gasteiger partial charge is 0.310 e. The summed E-state index contributed by atoms with van der Waals surface area (Å²) in [5, 5.41) is 12.6. The van der Waals surface area contributed by atoms with E-state index in [-0.39, 0.29) is 0 Å². The van der Waals surface area contributed by atoms with Crippen molar-refractivity contribution in [3.8, 4) is 6.07 Å². The first-order valence-corrected chi connectivity index (χ1v) is 8.67. The van der Waals surface area contributed by atoms with E-state index in [1.807, 2.05) is 30.6 Å². The molecule has 1 N–H and O–H groups in total. The molecule has 0 radical (unpaired) electrons. The quantitative estimate of drug-likeness (QED) is 0.889. The van der Waals surface area contributed by atoms with Crippen molar-refractivity contribution in [1.29, 1.82) is 5.26 Å². The summed E-state index contributed by atoms with van der Waals surface area (Å²) in [7, 11) is 0. The summed E-state index contributed by atoms with van der Waals surface area (Å²) in [4.78, 5) is 6.62. The molecule has 1 saturated heterocycles. The zero-order valence-corrected chi connectivity index (χ0v) is 14.0. The Balaban J connectivity index is 1.38. The zero-order chi connectivity index (χ0) is 16.6. The molecule has 1 aromatic heterocycles. The number of nitriles is 1. The Bertz CT molecular complexity index is 670. The summed E-state index contributed by atoms with van der Waals surface area (Å²) < 4.78 is 0. The number of nitrogens with zero attached hydrogens (tertiary/aromatic N) is 3. The van der Waals surface area contributed by atoms with E-state index < -0.39 is 0 Å². The number of aromatic nitrogens is 1. The summed E-state index contributed by atoms with van der Waals surface area (Å²) in [5.74, 6) is 0. The Morgan fingerprint density at radius 2 is 1.92 bits per heavy atom. The first-order chi connectivity index (χ1) is 11.8. The molecule has 3 rings (SSSR count). The van der Waals surface area contributed by atoms with Gasteiger partial charge in [0.05, 0.1) is 11.6 Å². The summed E-state index contributed by atoms with van der Waals surface area (Å²) in [5.41, 5.74) is 3.29. The molecule has 2 heterocycles. The van der Waals surface area contributed by atoms with Crippen LogP contribution in [0.15, 0.2) is 48.8 Å². The molecule has 1 aliphatic heterocycles. The second-order valence-electron chi connectivity index (χ2n) is 6.41. The third-order valence-electron chi connectivity index (χ3n) is 4.70. The lowest BCUT2D eigenvalue weighted by atomic mass is 10.0. The van der Waals surface area contributed by atoms with Crippen molar-refractivity contribution >= 4 is 0 Å². The normalized spacial score (nSPS) is 16.0. The Morgan fingerprint density at radius 3 is 2.67 bits per heavy atom. The van der Waals surface area contributed by atoms with Crippen molar-refractivity contribution in [2.75, 3.05) is 19.6 Å². The highest BCUT2D eigenvalue weighted by Crippen LogP contribution is 2.12. The Kier molecular flexibility index (Phi) is 5.95. The minimum Gasteiger partial charge on any atom is -0.310 e. The number of likely N-dealkylation sites (tertiary alicyclic amines) is 1. The molecule has 1 aliphatic rings. The van der Waals surface area contributed by atoms with Crippen molar-refractivity contribution in [3.63, 3.8) is 0 Å². The van der Waals surface area contributed by atoms with Gasteiger partial charge in [-0.3, -0.25) is 4.98 Å². The average molecular weight is 320 g/mol. The van der Waals surface area contributed by atoms with Crippen molar-refractivity contribution in [1.82, 2.24) is 15.2 Å². The predicted octanol–water partition coefficient (Wildman–Crippen LogP) is 2.75. The maximum Gasteiger partial charge on any atom is 0.0991 e. The molecule has 1 aromatic carbocycles. The minimum absolute atomic E-state index is 0.577. The molecule has 1 fully saturated rings. The van der Waals surface area contributed by atoms with Gasteiger partial charge in [0.1, 0.15) is 0 Å². The van der Waals surface area contributed by atoms with Gasteiger partial charge >= 0.3 is 0 Å². The van der Waals surface area contributed by atoms with Crippen LogP contribution in [0.1, 0.15) is 29.5 Å². The maximum absolute atomic E-state index is 8.96. The van der Waals surface area contributed by atoms with Crippen LogP contribution in [0, 0.1) is 11.3 Å². The van der Waals surface area contributed by atoms with E-state index in [0.717, 1.165) is 38.2 Å². The van der Waals surface area contributed by atoms with Gasteiger partial charge in [-0.05, 0) is 67.7 Å². The van der Waals surface area contributed by atoms with Gasteiger partial charge in [-0.25, -0.2) is 0 Å². The first kappa shape index (κ1) is 16.6. The smallest absolute Gasteiger partial charge is 0.0991 e. The van der Waals surface area contributed by atoms with Crippen LogP contribution in [-0.2, 0) is 13.0 Å². The van der Waals surface area contributed by atoms with Gasteiger partial charge < -0.3 is 10.2 Å². The Morgan fingerprint density at radius 1 is 1.12 bits per heavy atom. The van der Waals surface area contributed by atoms with Crippen LogP contribution in [0.5, 0.6) is 0 Å². The molecule has 24 heavy (non-hydrogen) atoms. The molecule has 4 nitrogen and oxygen atoms in total. The summed E-state index contributed by atoms with van der Waals surface area (Å²) >= 11 is 0. The van der Waals surface area contributed by atoms with Crippen LogP contribution < -0.4 is 5.32 Å². The number of nitrogens with one attached hydrogen (secondary N) is 1. The molecular weight excluding hydrogens is 296 g/mol. The van der Waals surface area contributed by atoms with Crippen molar-refractivity contribution < 1.29 is 0 Å². The van der Waals surface area contributed by atoms with Gasteiger partial charge in [0.25, 0.3) is 0 Å². The fourth-order valence-electron chi connectivity index (χ4n) is 3.21. The third kappa shape index (κ3) is 4.89. The van der Waals surface area contributed by atoms with E-state index in [0.29, 0.717) is 6.04 Å². The van der Waals surface area contributed by atoms with E-state index in [2.05, 4.69) is 39.5 Å². The second kappa shape index (κ2) is 8.58. The van der Waals surface area contributed by atoms with Crippen LogP contribution in [0.4, 0.5) is 0 Å². The molecule has 0 bridgehead atoms. The van der Waals surface area contributed by atoms with Crippen LogP contribution in [0.3, 0.4) is 0 Å². The van der Waals surface area contributed by atoms with Gasteiger partial charge in [-0.1, -0.05) is 12.1 Å². The molecule has 2 aromatic rings. The van der Waals surface area contributed by atoms with E-state index in [4.69, 9.17) is 5.26 Å². The molecule has 0 saturated carbocycles. The fourth-order valence-corrected chi connectivity index (χ4v) is 3.21. The van der Waals surface area contributed by atoms with Gasteiger partial charge in [-0.15, -0.1) is 0 Å². The number of piperidine rings is 1. The fraction of sp³-hybridized carbons (Fsp3) is 0.400. The van der Waals surface area contributed by atoms with E-state index in [1.165, 1.54) is 24.0 Å². The van der Waals surface area contributed by atoms with Gasteiger partial charge in [0.2, 0.25) is 0 Å². The maximum atomic E-state index is 8.96. The Hall–Kier alpha value is -2.22. The summed E-state index contributed by atoms with van der Waals surface area (Å²) in [6.07, 6.45) is 7.21. The number of hydrogen-bond donors (Lipinski definition) is 1. The van der Waals surface area contributed by atoms with Gasteiger partial charge in [0, 0.05) is 31.5 Å². The minimum atomic E-state index is 0.577. The van der Waals surface area contributed by atoms with Gasteiger partial charge in [0.15, 0.2) is 0 Å². The molecule has 0 spiro atoms.